The van der Waals surface area contributed by atoms with E-state index in [0.717, 1.165) is 28.9 Å². The van der Waals surface area contributed by atoms with E-state index in [-0.39, 0.29) is 5.25 Å². The molecule has 0 aliphatic heterocycles. The topological polar surface area (TPSA) is 78.3 Å². The predicted octanol–water partition coefficient (Wildman–Crippen LogP) is 2.07. The smallest absolute Gasteiger partial charge is 0.323 e. The van der Waals surface area contributed by atoms with Crippen LogP contribution in [0.15, 0.2) is 4.34 Å². The minimum absolute atomic E-state index is 0.286. The molecule has 1 fully saturated rings. The van der Waals surface area contributed by atoms with Crippen LogP contribution in [-0.2, 0) is 4.79 Å². The average Bonchev–Trinajstić information content (AvgIpc) is 3.05. The number of carboxylic acids is 1. The van der Waals surface area contributed by atoms with Crippen LogP contribution >= 0.6 is 23.1 Å². The van der Waals surface area contributed by atoms with E-state index in [1.807, 2.05) is 25.9 Å². The van der Waals surface area contributed by atoms with Gasteiger partial charge in [0.05, 0.1) is 0 Å². The normalized spacial score (nSPS) is 25.2. The molecule has 1 aromatic rings. The molecule has 0 spiro atoms. The Hall–Kier alpha value is -0.860. The number of nitrogens with zero attached hydrogens (tertiary/aromatic N) is 3. The number of rotatable bonds is 7. The van der Waals surface area contributed by atoms with Crippen molar-refractivity contribution >= 4 is 34.2 Å². The molecule has 118 valence electrons. The number of aromatic nitrogens is 2. The van der Waals surface area contributed by atoms with Gasteiger partial charge in [-0.3, -0.25) is 4.79 Å². The molecule has 2 rings (SSSR count). The van der Waals surface area contributed by atoms with Gasteiger partial charge in [-0.2, -0.15) is 0 Å². The van der Waals surface area contributed by atoms with Gasteiger partial charge in [0.1, 0.15) is 5.54 Å². The van der Waals surface area contributed by atoms with Gasteiger partial charge in [-0.05, 0) is 32.2 Å². The Balaban J connectivity index is 1.98. The number of hydrogen-bond donors (Lipinski definition) is 2. The van der Waals surface area contributed by atoms with Crippen molar-refractivity contribution in [2.45, 2.75) is 47.7 Å². The van der Waals surface area contributed by atoms with Crippen LogP contribution in [0.4, 0.5) is 5.13 Å². The SMILES string of the molecule is CCCNC1(C(=O)O)CCC(Sc2nnc(N(C)C)s2)C1. The van der Waals surface area contributed by atoms with E-state index in [1.54, 1.807) is 23.1 Å². The summed E-state index contributed by atoms with van der Waals surface area (Å²) in [7, 11) is 3.88. The summed E-state index contributed by atoms with van der Waals surface area (Å²) in [5, 5.41) is 22.2. The van der Waals surface area contributed by atoms with Crippen molar-refractivity contribution in [3.63, 3.8) is 0 Å². The molecule has 1 heterocycles. The lowest BCUT2D eigenvalue weighted by Gasteiger charge is -2.25. The van der Waals surface area contributed by atoms with Crippen LogP contribution in [0, 0.1) is 0 Å². The van der Waals surface area contributed by atoms with Gasteiger partial charge >= 0.3 is 5.97 Å². The highest BCUT2D eigenvalue weighted by molar-refractivity contribution is 8.01. The van der Waals surface area contributed by atoms with E-state index in [2.05, 4.69) is 15.5 Å². The molecule has 0 bridgehead atoms. The number of carboxylic acid groups (broad SMARTS) is 1. The number of carbonyl (C=O) groups is 1. The summed E-state index contributed by atoms with van der Waals surface area (Å²) in [6.07, 6.45) is 3.16. The van der Waals surface area contributed by atoms with E-state index in [1.165, 1.54) is 0 Å². The van der Waals surface area contributed by atoms with Crippen molar-refractivity contribution in [1.29, 1.82) is 0 Å². The molecule has 8 heteroatoms. The maximum Gasteiger partial charge on any atom is 0.323 e. The Morgan fingerprint density at radius 3 is 2.90 bits per heavy atom. The number of anilines is 1. The van der Waals surface area contributed by atoms with Crippen molar-refractivity contribution in [3.8, 4) is 0 Å². The van der Waals surface area contributed by atoms with Crippen molar-refractivity contribution in [2.75, 3.05) is 25.5 Å². The highest BCUT2D eigenvalue weighted by atomic mass is 32.2. The summed E-state index contributed by atoms with van der Waals surface area (Å²) in [6, 6.07) is 0. The summed E-state index contributed by atoms with van der Waals surface area (Å²) in [5.41, 5.74) is -0.761. The van der Waals surface area contributed by atoms with Crippen LogP contribution in [0.1, 0.15) is 32.6 Å². The van der Waals surface area contributed by atoms with Gasteiger partial charge < -0.3 is 15.3 Å². The minimum atomic E-state index is -0.761. The zero-order chi connectivity index (χ0) is 15.5. The second-order valence-corrected chi connectivity index (χ2v) is 8.05. The summed E-state index contributed by atoms with van der Waals surface area (Å²) >= 11 is 3.21. The largest absolute Gasteiger partial charge is 0.480 e. The molecular weight excluding hydrogens is 308 g/mol. The Morgan fingerprint density at radius 2 is 2.33 bits per heavy atom. The molecule has 21 heavy (non-hydrogen) atoms. The molecular formula is C13H22N4O2S2. The zero-order valence-corrected chi connectivity index (χ0v) is 14.3. The standard InChI is InChI=1S/C13H22N4O2S2/c1-4-7-14-13(10(18)19)6-5-9(8-13)20-12-16-15-11(21-12)17(2)3/h9,14H,4-8H2,1-3H3,(H,18,19). The molecule has 2 N–H and O–H groups in total. The predicted molar refractivity (Wildman–Crippen MR) is 86.4 cm³/mol. The summed E-state index contributed by atoms with van der Waals surface area (Å²) in [4.78, 5) is 13.5. The molecule has 0 radical (unpaired) electrons. The van der Waals surface area contributed by atoms with Crippen LogP contribution in [-0.4, -0.2) is 52.7 Å². The maximum atomic E-state index is 11.6. The fraction of sp³-hybridized carbons (Fsp3) is 0.769. The molecule has 1 aliphatic rings. The molecule has 2 unspecified atom stereocenters. The first-order valence-corrected chi connectivity index (χ1v) is 8.82. The molecule has 0 amide bonds. The molecule has 1 aliphatic carbocycles. The highest BCUT2D eigenvalue weighted by Gasteiger charge is 2.45. The van der Waals surface area contributed by atoms with Crippen molar-refractivity contribution < 1.29 is 9.90 Å². The molecule has 2 atom stereocenters. The van der Waals surface area contributed by atoms with Crippen molar-refractivity contribution in [1.82, 2.24) is 15.5 Å². The Morgan fingerprint density at radius 1 is 1.57 bits per heavy atom. The van der Waals surface area contributed by atoms with E-state index in [0.29, 0.717) is 12.8 Å². The first-order valence-electron chi connectivity index (χ1n) is 7.13. The molecule has 1 saturated carbocycles. The molecule has 0 aromatic carbocycles. The molecule has 6 nitrogen and oxygen atoms in total. The van der Waals surface area contributed by atoms with Crippen LogP contribution in [0.2, 0.25) is 0 Å². The van der Waals surface area contributed by atoms with Gasteiger partial charge in [-0.25, -0.2) is 0 Å². The fourth-order valence-electron chi connectivity index (χ4n) is 2.47. The monoisotopic (exact) mass is 330 g/mol. The quantitative estimate of drug-likeness (QED) is 0.792. The lowest BCUT2D eigenvalue weighted by atomic mass is 9.98. The van der Waals surface area contributed by atoms with E-state index >= 15 is 0 Å². The number of thioether (sulfide) groups is 1. The Bertz CT molecular complexity index is 494. The van der Waals surface area contributed by atoms with Crippen LogP contribution < -0.4 is 10.2 Å². The van der Waals surface area contributed by atoms with E-state index in [9.17, 15) is 9.90 Å². The van der Waals surface area contributed by atoms with Gasteiger partial charge in [-0.1, -0.05) is 30.0 Å². The third kappa shape index (κ3) is 3.87. The van der Waals surface area contributed by atoms with Crippen LogP contribution in [0.5, 0.6) is 0 Å². The Kier molecular flexibility index (Phi) is 5.45. The van der Waals surface area contributed by atoms with Crippen molar-refractivity contribution in [2.24, 2.45) is 0 Å². The fourth-order valence-corrected chi connectivity index (χ4v) is 4.77. The Labute approximate surface area is 133 Å². The first kappa shape index (κ1) is 16.5. The summed E-state index contributed by atoms with van der Waals surface area (Å²) < 4.78 is 0.917. The minimum Gasteiger partial charge on any atom is -0.480 e. The summed E-state index contributed by atoms with van der Waals surface area (Å²) in [6.45, 7) is 2.79. The second-order valence-electron chi connectivity index (χ2n) is 5.54. The lowest BCUT2D eigenvalue weighted by Crippen LogP contribution is -2.50. The molecule has 0 saturated heterocycles. The number of aliphatic carboxylic acids is 1. The third-order valence-electron chi connectivity index (χ3n) is 3.64. The number of hydrogen-bond acceptors (Lipinski definition) is 7. The van der Waals surface area contributed by atoms with E-state index in [4.69, 9.17) is 0 Å². The van der Waals surface area contributed by atoms with Crippen LogP contribution in [0.3, 0.4) is 0 Å². The maximum absolute atomic E-state index is 11.6. The van der Waals surface area contributed by atoms with Gasteiger partial charge in [-0.15, -0.1) is 10.2 Å². The van der Waals surface area contributed by atoms with Gasteiger partial charge in [0.25, 0.3) is 0 Å². The van der Waals surface area contributed by atoms with Gasteiger partial charge in [0.15, 0.2) is 4.34 Å². The second kappa shape index (κ2) is 6.93. The van der Waals surface area contributed by atoms with Gasteiger partial charge in [0.2, 0.25) is 5.13 Å². The average molecular weight is 330 g/mol. The van der Waals surface area contributed by atoms with Crippen LogP contribution in [0.25, 0.3) is 0 Å². The summed E-state index contributed by atoms with van der Waals surface area (Å²) in [5.74, 6) is -0.731. The van der Waals surface area contributed by atoms with Crippen molar-refractivity contribution in [3.05, 3.63) is 0 Å². The highest BCUT2D eigenvalue weighted by Crippen LogP contribution is 2.41. The van der Waals surface area contributed by atoms with Gasteiger partial charge in [0, 0.05) is 19.3 Å². The van der Waals surface area contributed by atoms with E-state index < -0.39 is 11.5 Å². The molecule has 1 aromatic heterocycles. The number of nitrogens with one attached hydrogen (secondary N) is 1. The third-order valence-corrected chi connectivity index (χ3v) is 6.08. The zero-order valence-electron chi connectivity index (χ0n) is 12.6. The lowest BCUT2D eigenvalue weighted by molar-refractivity contribution is -0.144. The first-order chi connectivity index (χ1) is 9.97.